The molecule has 0 saturated heterocycles. The van der Waals surface area contributed by atoms with Gasteiger partial charge in [0, 0.05) is 22.9 Å². The number of benzene rings is 1. The summed E-state index contributed by atoms with van der Waals surface area (Å²) in [7, 11) is 1.51. The van der Waals surface area contributed by atoms with E-state index < -0.39 is 4.92 Å². The van der Waals surface area contributed by atoms with Crippen molar-refractivity contribution in [2.45, 2.75) is 26.7 Å². The maximum absolute atomic E-state index is 10.8. The summed E-state index contributed by atoms with van der Waals surface area (Å²) < 4.78 is 5.31. The molecule has 0 radical (unpaired) electrons. The molecule has 1 N–H and O–H groups in total. The highest BCUT2D eigenvalue weighted by atomic mass is 16.6. The van der Waals surface area contributed by atoms with E-state index in [0.29, 0.717) is 5.75 Å². The van der Waals surface area contributed by atoms with E-state index >= 15 is 0 Å². The first-order valence-electron chi connectivity index (χ1n) is 6.51. The molecule has 0 aliphatic carbocycles. The van der Waals surface area contributed by atoms with Gasteiger partial charge in [0.25, 0.3) is 5.69 Å². The Balaban J connectivity index is 2.63. The van der Waals surface area contributed by atoms with Gasteiger partial charge in [0.1, 0.15) is 5.75 Å². The van der Waals surface area contributed by atoms with E-state index in [4.69, 9.17) is 4.74 Å². The van der Waals surface area contributed by atoms with Gasteiger partial charge in [-0.3, -0.25) is 15.2 Å². The van der Waals surface area contributed by atoms with Gasteiger partial charge in [-0.05, 0) is 18.9 Å². The Morgan fingerprint density at radius 2 is 2.10 bits per heavy atom. The van der Waals surface area contributed by atoms with Crippen molar-refractivity contribution in [2.75, 3.05) is 7.11 Å². The van der Waals surface area contributed by atoms with Crippen LogP contribution in [-0.4, -0.2) is 22.2 Å². The summed E-state index contributed by atoms with van der Waals surface area (Å²) in [4.78, 5) is 10.4. The maximum atomic E-state index is 10.8. The van der Waals surface area contributed by atoms with E-state index in [1.54, 1.807) is 6.07 Å². The first-order valence-corrected chi connectivity index (χ1v) is 6.51. The molecule has 0 atom stereocenters. The molecule has 0 spiro atoms. The van der Waals surface area contributed by atoms with Gasteiger partial charge in [0.2, 0.25) is 0 Å². The first-order chi connectivity index (χ1) is 9.62. The van der Waals surface area contributed by atoms with Crippen molar-refractivity contribution in [3.8, 4) is 16.9 Å². The molecule has 20 heavy (non-hydrogen) atoms. The average Bonchev–Trinajstić information content (AvgIpc) is 2.89. The fourth-order valence-electron chi connectivity index (χ4n) is 2.25. The van der Waals surface area contributed by atoms with Crippen LogP contribution in [0.4, 0.5) is 5.69 Å². The van der Waals surface area contributed by atoms with Crippen LogP contribution in [0.15, 0.2) is 18.2 Å². The quantitative estimate of drug-likeness (QED) is 0.671. The van der Waals surface area contributed by atoms with Gasteiger partial charge in [-0.25, -0.2) is 0 Å². The fraction of sp³-hybridized carbons (Fsp3) is 0.357. The minimum atomic E-state index is -0.427. The van der Waals surface area contributed by atoms with E-state index in [2.05, 4.69) is 10.2 Å². The number of aromatic nitrogens is 2. The van der Waals surface area contributed by atoms with E-state index in [1.165, 1.54) is 19.2 Å². The largest absolute Gasteiger partial charge is 0.496 e. The average molecular weight is 275 g/mol. The second-order valence-corrected chi connectivity index (χ2v) is 4.37. The topological polar surface area (TPSA) is 81.0 Å². The number of nitrogens with one attached hydrogen (secondary N) is 1. The SMILES string of the molecule is CCc1n[nH]c(CC)c1-c1ccc([N+](=O)[O-])cc1OC. The minimum Gasteiger partial charge on any atom is -0.496 e. The monoisotopic (exact) mass is 275 g/mol. The molecule has 1 aromatic heterocycles. The number of nitrogens with zero attached hydrogens (tertiary/aromatic N) is 2. The summed E-state index contributed by atoms with van der Waals surface area (Å²) in [6, 6.07) is 4.66. The molecule has 0 amide bonds. The van der Waals surface area contributed by atoms with Gasteiger partial charge in [0.15, 0.2) is 0 Å². The molecule has 0 fully saturated rings. The van der Waals surface area contributed by atoms with Crippen molar-refractivity contribution in [3.63, 3.8) is 0 Å². The number of methoxy groups -OCH3 is 1. The molecule has 1 aromatic carbocycles. The summed E-state index contributed by atoms with van der Waals surface area (Å²) >= 11 is 0. The van der Waals surface area contributed by atoms with Crippen LogP contribution in [0, 0.1) is 10.1 Å². The molecule has 0 aliphatic heterocycles. The van der Waals surface area contributed by atoms with E-state index in [0.717, 1.165) is 35.4 Å². The number of aryl methyl sites for hydroxylation is 2. The number of ether oxygens (including phenoxy) is 1. The van der Waals surface area contributed by atoms with Crippen LogP contribution >= 0.6 is 0 Å². The van der Waals surface area contributed by atoms with Crippen LogP contribution in [0.5, 0.6) is 5.75 Å². The number of H-pyrrole nitrogens is 1. The predicted molar refractivity (Wildman–Crippen MR) is 76.0 cm³/mol. The number of aromatic amines is 1. The molecule has 0 unspecified atom stereocenters. The molecular formula is C14H17N3O3. The Bertz CT molecular complexity index is 613. The third-order valence-corrected chi connectivity index (χ3v) is 3.27. The highest BCUT2D eigenvalue weighted by Crippen LogP contribution is 2.36. The fourth-order valence-corrected chi connectivity index (χ4v) is 2.25. The molecule has 6 nitrogen and oxygen atoms in total. The number of hydrogen-bond acceptors (Lipinski definition) is 4. The molecule has 0 aliphatic rings. The molecule has 0 saturated carbocycles. The van der Waals surface area contributed by atoms with Gasteiger partial charge in [-0.2, -0.15) is 5.10 Å². The van der Waals surface area contributed by atoms with Gasteiger partial charge in [0.05, 0.1) is 23.8 Å². The van der Waals surface area contributed by atoms with Crippen molar-refractivity contribution in [2.24, 2.45) is 0 Å². The van der Waals surface area contributed by atoms with E-state index in [1.807, 2.05) is 13.8 Å². The lowest BCUT2D eigenvalue weighted by Gasteiger charge is -2.10. The van der Waals surface area contributed by atoms with Crippen LogP contribution in [0.25, 0.3) is 11.1 Å². The zero-order chi connectivity index (χ0) is 14.7. The summed E-state index contributed by atoms with van der Waals surface area (Å²) in [6.45, 7) is 4.06. The molecule has 6 heteroatoms. The van der Waals surface area contributed by atoms with Crippen LogP contribution in [0.1, 0.15) is 25.2 Å². The Morgan fingerprint density at radius 3 is 2.65 bits per heavy atom. The van der Waals surface area contributed by atoms with Crippen LogP contribution in [-0.2, 0) is 12.8 Å². The van der Waals surface area contributed by atoms with Crippen molar-refractivity contribution in [3.05, 3.63) is 39.7 Å². The summed E-state index contributed by atoms with van der Waals surface area (Å²) in [5, 5.41) is 18.2. The number of non-ortho nitro benzene ring substituents is 1. The zero-order valence-corrected chi connectivity index (χ0v) is 11.8. The Kier molecular flexibility index (Phi) is 4.02. The van der Waals surface area contributed by atoms with Crippen molar-refractivity contribution in [1.29, 1.82) is 0 Å². The van der Waals surface area contributed by atoms with Crippen molar-refractivity contribution >= 4 is 5.69 Å². The van der Waals surface area contributed by atoms with Crippen molar-refractivity contribution < 1.29 is 9.66 Å². The number of nitro benzene ring substituents is 1. The molecule has 2 aromatic rings. The maximum Gasteiger partial charge on any atom is 0.273 e. The zero-order valence-electron chi connectivity index (χ0n) is 11.8. The van der Waals surface area contributed by atoms with Gasteiger partial charge < -0.3 is 4.74 Å². The van der Waals surface area contributed by atoms with Gasteiger partial charge in [-0.15, -0.1) is 0 Å². The molecular weight excluding hydrogens is 258 g/mol. The summed E-state index contributed by atoms with van der Waals surface area (Å²) in [5.41, 5.74) is 3.79. The normalized spacial score (nSPS) is 10.6. The molecule has 2 rings (SSSR count). The highest BCUT2D eigenvalue weighted by Gasteiger charge is 2.19. The Morgan fingerprint density at radius 1 is 1.35 bits per heavy atom. The van der Waals surface area contributed by atoms with Crippen LogP contribution in [0.3, 0.4) is 0 Å². The smallest absolute Gasteiger partial charge is 0.273 e. The predicted octanol–water partition coefficient (Wildman–Crippen LogP) is 3.12. The second kappa shape index (κ2) is 5.73. The van der Waals surface area contributed by atoms with Crippen molar-refractivity contribution in [1.82, 2.24) is 10.2 Å². The molecule has 106 valence electrons. The third kappa shape index (κ3) is 2.36. The summed E-state index contributed by atoms with van der Waals surface area (Å²) in [5.74, 6) is 0.491. The standard InChI is InChI=1S/C14H17N3O3/c1-4-11-14(12(5-2)16-15-11)10-7-6-9(17(18)19)8-13(10)20-3/h6-8H,4-5H2,1-3H3,(H,15,16). The number of hydrogen-bond donors (Lipinski definition) is 1. The van der Waals surface area contributed by atoms with Gasteiger partial charge >= 0.3 is 0 Å². The molecule has 1 heterocycles. The lowest BCUT2D eigenvalue weighted by atomic mass is 9.99. The summed E-state index contributed by atoms with van der Waals surface area (Å²) in [6.07, 6.45) is 1.59. The van der Waals surface area contributed by atoms with E-state index in [9.17, 15) is 10.1 Å². The molecule has 0 bridgehead atoms. The lowest BCUT2D eigenvalue weighted by molar-refractivity contribution is -0.384. The van der Waals surface area contributed by atoms with Crippen LogP contribution < -0.4 is 4.74 Å². The minimum absolute atomic E-state index is 0.0187. The Hall–Kier alpha value is -2.37. The number of nitro groups is 1. The first kappa shape index (κ1) is 14.0. The number of rotatable bonds is 5. The Labute approximate surface area is 116 Å². The van der Waals surface area contributed by atoms with Gasteiger partial charge in [-0.1, -0.05) is 13.8 Å². The van der Waals surface area contributed by atoms with Crippen LogP contribution in [0.2, 0.25) is 0 Å². The lowest BCUT2D eigenvalue weighted by Crippen LogP contribution is -1.95. The second-order valence-electron chi connectivity index (χ2n) is 4.37. The third-order valence-electron chi connectivity index (χ3n) is 3.27. The highest BCUT2D eigenvalue weighted by molar-refractivity contribution is 5.76. The van der Waals surface area contributed by atoms with E-state index in [-0.39, 0.29) is 5.69 Å².